The number of amides is 2. The highest BCUT2D eigenvalue weighted by atomic mass is 79.9. The van der Waals surface area contributed by atoms with E-state index < -0.39 is 10.0 Å². The number of nitrogens with one attached hydrogen (secondary N) is 1. The van der Waals surface area contributed by atoms with E-state index in [-0.39, 0.29) is 42.1 Å². The number of halogens is 3. The van der Waals surface area contributed by atoms with E-state index in [1.165, 1.54) is 10.4 Å². The molecule has 1 aliphatic heterocycles. The lowest BCUT2D eigenvalue weighted by Crippen LogP contribution is -2.51. The van der Waals surface area contributed by atoms with Crippen molar-refractivity contribution in [3.05, 3.63) is 80.2 Å². The third kappa shape index (κ3) is 5.49. The molecular formula is C24H22Br2ClN3O3S. The number of benzene rings is 3. The molecule has 3 aromatic carbocycles. The predicted octanol–water partition coefficient (Wildman–Crippen LogP) is 6.38. The van der Waals surface area contributed by atoms with Crippen LogP contribution in [-0.2, 0) is 10.0 Å². The average molecular weight is 628 g/mol. The third-order valence-corrected chi connectivity index (χ3v) is 9.07. The number of sulfonamides is 1. The Labute approximate surface area is 221 Å². The molecule has 0 spiro atoms. The van der Waals surface area contributed by atoms with Gasteiger partial charge in [-0.1, -0.05) is 61.7 Å². The van der Waals surface area contributed by atoms with Gasteiger partial charge in [0.2, 0.25) is 10.0 Å². The minimum absolute atomic E-state index is 0.0663. The molecule has 34 heavy (non-hydrogen) atoms. The van der Waals surface area contributed by atoms with Gasteiger partial charge in [-0.25, -0.2) is 13.2 Å². The second kappa shape index (κ2) is 10.4. The van der Waals surface area contributed by atoms with Crippen LogP contribution in [0.4, 0.5) is 10.5 Å². The highest BCUT2D eigenvalue weighted by Crippen LogP contribution is 2.29. The first kappa shape index (κ1) is 25.2. The average Bonchev–Trinajstić information content (AvgIpc) is 2.80. The molecule has 10 heteroatoms. The largest absolute Gasteiger partial charge is 0.322 e. The Morgan fingerprint density at radius 2 is 1.56 bits per heavy atom. The lowest BCUT2D eigenvalue weighted by molar-refractivity contribution is 0.184. The Kier molecular flexibility index (Phi) is 7.69. The molecule has 1 fully saturated rings. The van der Waals surface area contributed by atoms with E-state index in [0.717, 1.165) is 21.2 Å². The van der Waals surface area contributed by atoms with Gasteiger partial charge in [0.25, 0.3) is 0 Å². The minimum Gasteiger partial charge on any atom is -0.322 e. The lowest BCUT2D eigenvalue weighted by Gasteiger charge is -2.34. The Morgan fingerprint density at radius 1 is 0.912 bits per heavy atom. The van der Waals surface area contributed by atoms with Crippen LogP contribution in [0.3, 0.4) is 0 Å². The van der Waals surface area contributed by atoms with Crippen molar-refractivity contribution in [2.75, 3.05) is 31.5 Å². The van der Waals surface area contributed by atoms with Crippen LogP contribution in [0.2, 0.25) is 5.02 Å². The van der Waals surface area contributed by atoms with Crippen LogP contribution in [0.5, 0.6) is 0 Å². The smallest absolute Gasteiger partial charge is 0.321 e. The van der Waals surface area contributed by atoms with E-state index in [9.17, 15) is 13.2 Å². The van der Waals surface area contributed by atoms with Crippen LogP contribution >= 0.6 is 43.5 Å². The maximum Gasteiger partial charge on any atom is 0.321 e. The van der Waals surface area contributed by atoms with Crippen LogP contribution in [0.25, 0.3) is 11.1 Å². The zero-order valence-electron chi connectivity index (χ0n) is 18.3. The third-order valence-electron chi connectivity index (χ3n) is 5.67. The van der Waals surface area contributed by atoms with Crippen LogP contribution < -0.4 is 5.32 Å². The van der Waals surface area contributed by atoms with Gasteiger partial charge in [-0.2, -0.15) is 4.31 Å². The molecule has 1 heterocycles. The number of carbonyl (C=O) groups is 1. The summed E-state index contributed by atoms with van der Waals surface area (Å²) in [5.41, 5.74) is 3.93. The summed E-state index contributed by atoms with van der Waals surface area (Å²) < 4.78 is 29.1. The number of urea groups is 1. The van der Waals surface area contributed by atoms with Gasteiger partial charge < -0.3 is 10.2 Å². The van der Waals surface area contributed by atoms with Crippen molar-refractivity contribution in [1.29, 1.82) is 0 Å². The van der Waals surface area contributed by atoms with Crippen molar-refractivity contribution >= 4 is 65.2 Å². The summed E-state index contributed by atoms with van der Waals surface area (Å²) in [6, 6.07) is 18.3. The maximum atomic E-state index is 13.0. The van der Waals surface area contributed by atoms with E-state index in [1.807, 2.05) is 49.4 Å². The number of hydrogen-bond acceptors (Lipinski definition) is 3. The van der Waals surface area contributed by atoms with E-state index >= 15 is 0 Å². The zero-order chi connectivity index (χ0) is 24.5. The zero-order valence-corrected chi connectivity index (χ0v) is 23.0. The summed E-state index contributed by atoms with van der Waals surface area (Å²) in [6.07, 6.45) is 0. The van der Waals surface area contributed by atoms with Gasteiger partial charge in [0, 0.05) is 40.8 Å². The molecule has 3 aromatic rings. The first-order valence-corrected chi connectivity index (χ1v) is 13.9. The Morgan fingerprint density at radius 3 is 2.18 bits per heavy atom. The van der Waals surface area contributed by atoms with E-state index in [1.54, 1.807) is 17.0 Å². The van der Waals surface area contributed by atoms with Crippen LogP contribution in [0, 0.1) is 6.92 Å². The molecule has 0 bridgehead atoms. The fourth-order valence-electron chi connectivity index (χ4n) is 3.85. The van der Waals surface area contributed by atoms with Gasteiger partial charge in [-0.05, 0) is 66.1 Å². The molecule has 2 amide bonds. The Bertz CT molecular complexity index is 1330. The molecule has 6 nitrogen and oxygen atoms in total. The summed E-state index contributed by atoms with van der Waals surface area (Å²) in [4.78, 5) is 14.5. The number of carbonyl (C=O) groups excluding carboxylic acids is 1. The number of piperazine rings is 1. The van der Waals surface area contributed by atoms with Gasteiger partial charge >= 0.3 is 6.03 Å². The minimum atomic E-state index is -3.74. The first-order chi connectivity index (χ1) is 16.1. The molecule has 1 aliphatic rings. The SMILES string of the molecule is Cc1cc(NC(=O)N2CCN(S(=O)(=O)c3ccc(Br)cc3Cl)CC2)ccc1-c1ccc(Br)cc1. The van der Waals surface area contributed by atoms with Crippen LogP contribution in [0.15, 0.2) is 74.5 Å². The second-order valence-electron chi connectivity index (χ2n) is 7.93. The van der Waals surface area contributed by atoms with E-state index in [0.29, 0.717) is 10.2 Å². The van der Waals surface area contributed by atoms with Crippen molar-refractivity contribution in [1.82, 2.24) is 9.21 Å². The predicted molar refractivity (Wildman–Crippen MR) is 143 cm³/mol. The summed E-state index contributed by atoms with van der Waals surface area (Å²) in [5.74, 6) is 0. The summed E-state index contributed by atoms with van der Waals surface area (Å²) >= 11 is 12.9. The molecule has 0 aliphatic carbocycles. The standard InChI is InChI=1S/C24H22Br2ClN3O3S/c1-16-14-20(7-8-21(16)17-2-4-18(25)5-3-17)28-24(31)29-10-12-30(13-11-29)34(32,33)23-9-6-19(26)15-22(23)27/h2-9,14-15H,10-13H2,1H3,(H,28,31). The van der Waals surface area contributed by atoms with Crippen molar-refractivity contribution in [3.63, 3.8) is 0 Å². The molecule has 1 N–H and O–H groups in total. The number of anilines is 1. The van der Waals surface area contributed by atoms with Gasteiger partial charge in [-0.3, -0.25) is 0 Å². The van der Waals surface area contributed by atoms with Crippen LogP contribution in [-0.4, -0.2) is 49.8 Å². The van der Waals surface area contributed by atoms with Gasteiger partial charge in [-0.15, -0.1) is 0 Å². The normalized spacial score (nSPS) is 14.8. The highest BCUT2D eigenvalue weighted by molar-refractivity contribution is 9.10. The number of hydrogen-bond donors (Lipinski definition) is 1. The summed E-state index contributed by atoms with van der Waals surface area (Å²) in [5, 5.41) is 3.09. The van der Waals surface area contributed by atoms with Crippen molar-refractivity contribution < 1.29 is 13.2 Å². The molecule has 0 saturated carbocycles. The quantitative estimate of drug-likeness (QED) is 0.365. The van der Waals surface area contributed by atoms with E-state index in [4.69, 9.17) is 11.6 Å². The summed E-state index contributed by atoms with van der Waals surface area (Å²) in [6.45, 7) is 2.97. The number of aryl methyl sites for hydroxylation is 1. The first-order valence-electron chi connectivity index (χ1n) is 10.5. The molecule has 1 saturated heterocycles. The molecule has 178 valence electrons. The topological polar surface area (TPSA) is 69.7 Å². The highest BCUT2D eigenvalue weighted by Gasteiger charge is 2.31. The fraction of sp³-hybridized carbons (Fsp3) is 0.208. The fourth-order valence-corrected chi connectivity index (χ4v) is 6.55. The van der Waals surface area contributed by atoms with Gasteiger partial charge in [0.15, 0.2) is 0 Å². The lowest BCUT2D eigenvalue weighted by atomic mass is 10.0. The van der Waals surface area contributed by atoms with Gasteiger partial charge in [0.1, 0.15) is 4.90 Å². The van der Waals surface area contributed by atoms with Crippen LogP contribution in [0.1, 0.15) is 5.56 Å². The Balaban J connectivity index is 1.39. The monoisotopic (exact) mass is 625 g/mol. The van der Waals surface area contributed by atoms with Crippen molar-refractivity contribution in [3.8, 4) is 11.1 Å². The molecule has 0 radical (unpaired) electrons. The van der Waals surface area contributed by atoms with E-state index in [2.05, 4.69) is 37.2 Å². The number of nitrogens with zero attached hydrogens (tertiary/aromatic N) is 2. The summed E-state index contributed by atoms with van der Waals surface area (Å²) in [7, 11) is -3.74. The Hall–Kier alpha value is -1.91. The maximum absolute atomic E-state index is 13.0. The molecule has 4 rings (SSSR count). The number of rotatable bonds is 4. The second-order valence-corrected chi connectivity index (χ2v) is 12.1. The van der Waals surface area contributed by atoms with Crippen molar-refractivity contribution in [2.45, 2.75) is 11.8 Å². The van der Waals surface area contributed by atoms with Crippen molar-refractivity contribution in [2.24, 2.45) is 0 Å². The molecule has 0 atom stereocenters. The molecule has 0 aromatic heterocycles. The molecular weight excluding hydrogens is 606 g/mol. The van der Waals surface area contributed by atoms with Gasteiger partial charge in [0.05, 0.1) is 5.02 Å². The molecule has 0 unspecified atom stereocenters.